The van der Waals surface area contributed by atoms with Crippen LogP contribution in [0, 0.1) is 17.2 Å². The van der Waals surface area contributed by atoms with E-state index >= 15 is 0 Å². The molecule has 0 saturated carbocycles. The van der Waals surface area contributed by atoms with Crippen molar-refractivity contribution in [2.75, 3.05) is 0 Å². The Morgan fingerprint density at radius 3 is 2.50 bits per heavy atom. The lowest BCUT2D eigenvalue weighted by Gasteiger charge is -2.20. The number of rotatable bonds is 4. The molecule has 0 aliphatic carbocycles. The molecule has 1 aromatic rings. The van der Waals surface area contributed by atoms with Gasteiger partial charge >= 0.3 is 0 Å². The normalized spacial score (nSPS) is 12.6. The van der Waals surface area contributed by atoms with Crippen LogP contribution in [0.15, 0.2) is 30.3 Å². The second-order valence-electron chi connectivity index (χ2n) is 5.05. The van der Waals surface area contributed by atoms with E-state index in [4.69, 9.17) is 10.1 Å². The second kappa shape index (κ2) is 6.18. The Balaban J connectivity index is 2.57. The topological polar surface area (TPSA) is 62.1 Å². The largest absolute Gasteiger partial charge is 0.271 e. The maximum absolute atomic E-state index is 11.8. The molecule has 1 atom stereocenters. The fourth-order valence-corrected chi connectivity index (χ4v) is 1.32. The number of hydroxylamine groups is 1. The first-order chi connectivity index (χ1) is 8.42. The Morgan fingerprint density at radius 1 is 1.39 bits per heavy atom. The van der Waals surface area contributed by atoms with Crippen LogP contribution in [-0.4, -0.2) is 11.5 Å². The monoisotopic (exact) mass is 246 g/mol. The number of nitrogens with zero attached hydrogens (tertiary/aromatic N) is 1. The van der Waals surface area contributed by atoms with Crippen molar-refractivity contribution in [3.8, 4) is 6.07 Å². The highest BCUT2D eigenvalue weighted by Crippen LogP contribution is 2.10. The highest BCUT2D eigenvalue weighted by molar-refractivity contribution is 5.80. The molecule has 0 saturated heterocycles. The van der Waals surface area contributed by atoms with E-state index in [0.717, 1.165) is 5.56 Å². The van der Waals surface area contributed by atoms with Gasteiger partial charge in [0, 0.05) is 0 Å². The average Bonchev–Trinajstić information content (AvgIpc) is 2.33. The molecule has 0 aliphatic rings. The van der Waals surface area contributed by atoms with Crippen LogP contribution in [-0.2, 0) is 16.1 Å². The van der Waals surface area contributed by atoms with Gasteiger partial charge < -0.3 is 0 Å². The number of carbonyl (C=O) groups is 1. The Kier molecular flexibility index (Phi) is 4.87. The summed E-state index contributed by atoms with van der Waals surface area (Å²) in [6.45, 7) is 5.48. The zero-order chi connectivity index (χ0) is 13.6. The van der Waals surface area contributed by atoms with Gasteiger partial charge in [-0.1, -0.05) is 30.3 Å². The van der Waals surface area contributed by atoms with Crippen molar-refractivity contribution in [3.63, 3.8) is 0 Å². The number of hydrogen-bond acceptors (Lipinski definition) is 3. The molecule has 0 spiro atoms. The maximum Gasteiger partial charge on any atom is 0.261 e. The van der Waals surface area contributed by atoms with E-state index in [9.17, 15) is 4.79 Å². The molecule has 1 rings (SSSR count). The number of nitriles is 1. The summed E-state index contributed by atoms with van der Waals surface area (Å²) >= 11 is 0. The van der Waals surface area contributed by atoms with Crippen molar-refractivity contribution in [1.82, 2.24) is 5.48 Å². The number of carbonyl (C=O) groups excluding carboxylic acids is 1. The molecule has 0 bridgehead atoms. The van der Waals surface area contributed by atoms with Crippen molar-refractivity contribution in [2.45, 2.75) is 32.8 Å². The van der Waals surface area contributed by atoms with Crippen LogP contribution in [0.2, 0.25) is 0 Å². The standard InChI is InChI=1S/C14H18N2O2/c1-14(2,3)18-16-13(17)12(10-15)9-11-7-5-4-6-8-11/h4-8,12H,9H2,1-3H3,(H,16,17). The van der Waals surface area contributed by atoms with Gasteiger partial charge in [-0.05, 0) is 32.8 Å². The molecule has 0 heterocycles. The maximum atomic E-state index is 11.8. The summed E-state index contributed by atoms with van der Waals surface area (Å²) in [6, 6.07) is 11.4. The van der Waals surface area contributed by atoms with Gasteiger partial charge in [0.25, 0.3) is 5.91 Å². The molecule has 1 unspecified atom stereocenters. The van der Waals surface area contributed by atoms with Crippen LogP contribution >= 0.6 is 0 Å². The molecular formula is C14H18N2O2. The smallest absolute Gasteiger partial charge is 0.261 e. The van der Waals surface area contributed by atoms with E-state index in [1.54, 1.807) is 0 Å². The van der Waals surface area contributed by atoms with Crippen molar-refractivity contribution < 1.29 is 9.63 Å². The molecular weight excluding hydrogens is 228 g/mol. The van der Waals surface area contributed by atoms with E-state index in [1.807, 2.05) is 57.2 Å². The minimum Gasteiger partial charge on any atom is -0.271 e. The number of amides is 1. The fraction of sp³-hybridized carbons (Fsp3) is 0.429. The molecule has 96 valence electrons. The predicted molar refractivity (Wildman–Crippen MR) is 68.2 cm³/mol. The molecule has 0 fully saturated rings. The van der Waals surface area contributed by atoms with Crippen LogP contribution in [0.3, 0.4) is 0 Å². The summed E-state index contributed by atoms with van der Waals surface area (Å²) in [7, 11) is 0. The summed E-state index contributed by atoms with van der Waals surface area (Å²) in [4.78, 5) is 16.9. The Labute approximate surface area is 108 Å². The minimum atomic E-state index is -0.741. The van der Waals surface area contributed by atoms with Gasteiger partial charge in [0.15, 0.2) is 0 Å². The molecule has 0 aliphatic heterocycles. The van der Waals surface area contributed by atoms with E-state index in [-0.39, 0.29) is 0 Å². The third-order valence-electron chi connectivity index (χ3n) is 2.21. The Morgan fingerprint density at radius 2 is 2.00 bits per heavy atom. The quantitative estimate of drug-likeness (QED) is 0.828. The van der Waals surface area contributed by atoms with Crippen LogP contribution in [0.5, 0.6) is 0 Å². The van der Waals surface area contributed by atoms with Crippen molar-refractivity contribution >= 4 is 5.91 Å². The highest BCUT2D eigenvalue weighted by Gasteiger charge is 2.21. The van der Waals surface area contributed by atoms with Crippen molar-refractivity contribution in [2.24, 2.45) is 5.92 Å². The van der Waals surface area contributed by atoms with Gasteiger partial charge in [0.05, 0.1) is 11.7 Å². The summed E-state index contributed by atoms with van der Waals surface area (Å²) < 4.78 is 0. The summed E-state index contributed by atoms with van der Waals surface area (Å²) in [5.74, 6) is -1.15. The van der Waals surface area contributed by atoms with Crippen LogP contribution < -0.4 is 5.48 Å². The average molecular weight is 246 g/mol. The zero-order valence-electron chi connectivity index (χ0n) is 10.9. The molecule has 1 aromatic carbocycles. The number of hydrogen-bond donors (Lipinski definition) is 1. The zero-order valence-corrected chi connectivity index (χ0v) is 10.9. The molecule has 0 radical (unpaired) electrons. The van der Waals surface area contributed by atoms with Crippen LogP contribution in [0.4, 0.5) is 0 Å². The summed E-state index contributed by atoms with van der Waals surface area (Å²) in [6.07, 6.45) is 0.386. The van der Waals surface area contributed by atoms with E-state index < -0.39 is 17.4 Å². The Hall–Kier alpha value is -1.86. The Bertz CT molecular complexity index is 429. The van der Waals surface area contributed by atoms with E-state index in [1.165, 1.54) is 0 Å². The third-order valence-corrected chi connectivity index (χ3v) is 2.21. The third kappa shape index (κ3) is 4.98. The lowest BCUT2D eigenvalue weighted by Crippen LogP contribution is -2.37. The molecule has 4 heteroatoms. The van der Waals surface area contributed by atoms with Crippen molar-refractivity contribution in [3.05, 3.63) is 35.9 Å². The second-order valence-corrected chi connectivity index (χ2v) is 5.05. The van der Waals surface area contributed by atoms with Gasteiger partial charge in [-0.3, -0.25) is 9.63 Å². The first kappa shape index (κ1) is 14.2. The fourth-order valence-electron chi connectivity index (χ4n) is 1.32. The summed E-state index contributed by atoms with van der Waals surface area (Å²) in [5, 5.41) is 9.02. The molecule has 0 aromatic heterocycles. The van der Waals surface area contributed by atoms with Gasteiger partial charge in [-0.25, -0.2) is 5.48 Å². The first-order valence-corrected chi connectivity index (χ1v) is 5.84. The van der Waals surface area contributed by atoms with Gasteiger partial charge in [0.1, 0.15) is 5.92 Å². The first-order valence-electron chi connectivity index (χ1n) is 5.84. The van der Waals surface area contributed by atoms with Crippen LogP contribution in [0.1, 0.15) is 26.3 Å². The lowest BCUT2D eigenvalue weighted by molar-refractivity contribution is -0.148. The number of nitrogens with one attached hydrogen (secondary N) is 1. The van der Waals surface area contributed by atoms with Crippen molar-refractivity contribution in [1.29, 1.82) is 5.26 Å². The SMILES string of the molecule is CC(C)(C)ONC(=O)C(C#N)Cc1ccccc1. The molecule has 1 amide bonds. The van der Waals surface area contributed by atoms with E-state index in [0.29, 0.717) is 6.42 Å². The molecule has 18 heavy (non-hydrogen) atoms. The van der Waals surface area contributed by atoms with Crippen LogP contribution in [0.25, 0.3) is 0 Å². The number of benzene rings is 1. The summed E-state index contributed by atoms with van der Waals surface area (Å²) in [5.41, 5.74) is 2.82. The lowest BCUT2D eigenvalue weighted by atomic mass is 10.0. The van der Waals surface area contributed by atoms with Gasteiger partial charge in [-0.15, -0.1) is 0 Å². The van der Waals surface area contributed by atoms with Gasteiger partial charge in [0.2, 0.25) is 0 Å². The minimum absolute atomic E-state index is 0.386. The van der Waals surface area contributed by atoms with E-state index in [2.05, 4.69) is 5.48 Å². The molecule has 4 nitrogen and oxygen atoms in total. The molecule has 1 N–H and O–H groups in total. The highest BCUT2D eigenvalue weighted by atomic mass is 16.7. The van der Waals surface area contributed by atoms with Gasteiger partial charge in [-0.2, -0.15) is 5.26 Å². The predicted octanol–water partition coefficient (Wildman–Crippen LogP) is 2.22.